The van der Waals surface area contributed by atoms with Gasteiger partial charge in [-0.1, -0.05) is 6.07 Å². The molecule has 0 radical (unpaired) electrons. The van der Waals surface area contributed by atoms with Crippen molar-refractivity contribution < 1.29 is 4.79 Å². The molecular formula is C16H18N4O. The fraction of sp³-hybridized carbons (Fsp3) is 0.250. The van der Waals surface area contributed by atoms with Crippen LogP contribution in [-0.2, 0) is 12.8 Å². The van der Waals surface area contributed by atoms with Crippen molar-refractivity contribution in [2.45, 2.75) is 26.2 Å². The Labute approximate surface area is 123 Å². The summed E-state index contributed by atoms with van der Waals surface area (Å²) in [6, 6.07) is 7.83. The monoisotopic (exact) mass is 282 g/mol. The van der Waals surface area contributed by atoms with Crippen LogP contribution in [0.5, 0.6) is 0 Å². The van der Waals surface area contributed by atoms with Crippen LogP contribution < -0.4 is 16.6 Å². The maximum absolute atomic E-state index is 12.4. The summed E-state index contributed by atoms with van der Waals surface area (Å²) in [6.45, 7) is 1.85. The summed E-state index contributed by atoms with van der Waals surface area (Å²) >= 11 is 0. The zero-order chi connectivity index (χ0) is 14.8. The molecule has 0 fully saturated rings. The molecule has 21 heavy (non-hydrogen) atoms. The molecular weight excluding hydrogens is 264 g/mol. The molecule has 5 nitrogen and oxygen atoms in total. The first-order valence-electron chi connectivity index (χ1n) is 7.04. The highest BCUT2D eigenvalue weighted by atomic mass is 16.1. The average Bonchev–Trinajstić information content (AvgIpc) is 2.94. The Bertz CT molecular complexity index is 697. The van der Waals surface area contributed by atoms with E-state index in [9.17, 15) is 4.79 Å². The quantitative estimate of drug-likeness (QED) is 0.596. The van der Waals surface area contributed by atoms with E-state index in [-0.39, 0.29) is 5.91 Å². The maximum atomic E-state index is 12.4. The van der Waals surface area contributed by atoms with Crippen LogP contribution in [0, 0.1) is 6.92 Å². The highest BCUT2D eigenvalue weighted by Gasteiger charge is 2.15. The second kappa shape index (κ2) is 5.54. The Kier molecular flexibility index (Phi) is 3.58. The molecule has 4 N–H and O–H groups in total. The summed E-state index contributed by atoms with van der Waals surface area (Å²) in [7, 11) is 0. The largest absolute Gasteiger partial charge is 0.323 e. The number of nitrogens with two attached hydrogens (primary N) is 1. The van der Waals surface area contributed by atoms with Crippen molar-refractivity contribution in [1.29, 1.82) is 0 Å². The molecule has 0 bridgehead atoms. The van der Waals surface area contributed by atoms with Gasteiger partial charge >= 0.3 is 0 Å². The van der Waals surface area contributed by atoms with Crippen molar-refractivity contribution in [3.05, 3.63) is 52.8 Å². The van der Waals surface area contributed by atoms with Gasteiger partial charge in [-0.25, -0.2) is 0 Å². The van der Waals surface area contributed by atoms with Crippen LogP contribution in [0.1, 0.15) is 33.6 Å². The van der Waals surface area contributed by atoms with E-state index in [1.165, 1.54) is 23.7 Å². The van der Waals surface area contributed by atoms with E-state index in [2.05, 4.69) is 27.9 Å². The molecule has 0 saturated heterocycles. The molecule has 1 aliphatic carbocycles. The smallest absolute Gasteiger partial charge is 0.259 e. The third-order valence-corrected chi connectivity index (χ3v) is 3.80. The predicted molar refractivity (Wildman–Crippen MR) is 83.2 cm³/mol. The number of carbonyl (C=O) groups excluding carboxylic acids is 1. The van der Waals surface area contributed by atoms with Crippen LogP contribution in [0.3, 0.4) is 0 Å². The Hall–Kier alpha value is -2.40. The standard InChI is InChI=1S/C16H18N4O/c1-10-7-15(20-17)14(9-18-10)16(21)19-13-6-5-11-3-2-4-12(11)8-13/h5-9H,2-4,17H2,1H3,(H,18,20)(H,19,21). The SMILES string of the molecule is Cc1cc(NN)c(C(=O)Nc2ccc3c(c2)CCC3)cn1. The Morgan fingerprint density at radius 2 is 2.05 bits per heavy atom. The topological polar surface area (TPSA) is 80.0 Å². The number of amides is 1. The summed E-state index contributed by atoms with van der Waals surface area (Å²) in [6.07, 6.45) is 4.94. The number of hydrogen-bond acceptors (Lipinski definition) is 4. The molecule has 2 aromatic rings. The van der Waals surface area contributed by atoms with Gasteiger partial charge in [0, 0.05) is 17.6 Å². The van der Waals surface area contributed by atoms with Crippen LogP contribution in [0.2, 0.25) is 0 Å². The Morgan fingerprint density at radius 3 is 2.86 bits per heavy atom. The van der Waals surface area contributed by atoms with Gasteiger partial charge in [0.05, 0.1) is 11.3 Å². The molecule has 0 aliphatic heterocycles. The molecule has 1 aromatic carbocycles. The fourth-order valence-electron chi connectivity index (χ4n) is 2.71. The van der Waals surface area contributed by atoms with E-state index in [1.807, 2.05) is 13.0 Å². The second-order valence-corrected chi connectivity index (χ2v) is 5.31. The number of pyridine rings is 1. The van der Waals surface area contributed by atoms with Gasteiger partial charge in [-0.05, 0) is 55.5 Å². The number of nitrogen functional groups attached to an aromatic ring is 1. The number of nitrogens with one attached hydrogen (secondary N) is 2. The van der Waals surface area contributed by atoms with Crippen LogP contribution in [0.25, 0.3) is 0 Å². The third-order valence-electron chi connectivity index (χ3n) is 3.80. The van der Waals surface area contributed by atoms with E-state index in [4.69, 9.17) is 5.84 Å². The van der Waals surface area contributed by atoms with E-state index >= 15 is 0 Å². The maximum Gasteiger partial charge on any atom is 0.259 e. The number of carbonyl (C=O) groups is 1. The number of aryl methyl sites for hydroxylation is 3. The van der Waals surface area contributed by atoms with Crippen molar-refractivity contribution in [2.75, 3.05) is 10.7 Å². The van der Waals surface area contributed by atoms with Gasteiger partial charge in [0.15, 0.2) is 0 Å². The Balaban J connectivity index is 1.83. The zero-order valence-electron chi connectivity index (χ0n) is 11.9. The minimum atomic E-state index is -0.214. The minimum absolute atomic E-state index is 0.214. The van der Waals surface area contributed by atoms with Gasteiger partial charge in [0.1, 0.15) is 0 Å². The number of benzene rings is 1. The van der Waals surface area contributed by atoms with Gasteiger partial charge in [0.2, 0.25) is 0 Å². The number of rotatable bonds is 3. The van der Waals surface area contributed by atoms with Crippen LogP contribution in [0.4, 0.5) is 11.4 Å². The minimum Gasteiger partial charge on any atom is -0.323 e. The summed E-state index contributed by atoms with van der Waals surface area (Å²) in [5.41, 5.74) is 7.87. The lowest BCUT2D eigenvalue weighted by Crippen LogP contribution is -2.18. The lowest BCUT2D eigenvalue weighted by Gasteiger charge is -2.11. The molecule has 1 amide bonds. The van der Waals surface area contributed by atoms with Gasteiger partial charge in [-0.15, -0.1) is 0 Å². The van der Waals surface area contributed by atoms with Crippen molar-refractivity contribution >= 4 is 17.3 Å². The Morgan fingerprint density at radius 1 is 1.24 bits per heavy atom. The summed E-state index contributed by atoms with van der Waals surface area (Å²) in [5, 5.41) is 2.91. The van der Waals surface area contributed by atoms with E-state index < -0.39 is 0 Å². The van der Waals surface area contributed by atoms with Gasteiger partial charge in [-0.2, -0.15) is 0 Å². The first-order valence-corrected chi connectivity index (χ1v) is 7.04. The predicted octanol–water partition coefficient (Wildman–Crippen LogP) is 2.42. The molecule has 3 rings (SSSR count). The highest BCUT2D eigenvalue weighted by molar-refractivity contribution is 6.07. The van der Waals surface area contributed by atoms with E-state index in [1.54, 1.807) is 6.07 Å². The first kappa shape index (κ1) is 13.6. The van der Waals surface area contributed by atoms with E-state index in [0.717, 1.165) is 24.2 Å². The number of anilines is 2. The number of hydrazine groups is 1. The highest BCUT2D eigenvalue weighted by Crippen LogP contribution is 2.25. The van der Waals surface area contributed by atoms with Gasteiger partial charge in [0.25, 0.3) is 5.91 Å². The van der Waals surface area contributed by atoms with Crippen LogP contribution in [-0.4, -0.2) is 10.9 Å². The van der Waals surface area contributed by atoms with Crippen molar-refractivity contribution in [3.8, 4) is 0 Å². The van der Waals surface area contributed by atoms with E-state index in [0.29, 0.717) is 11.3 Å². The zero-order valence-corrected chi connectivity index (χ0v) is 11.9. The summed E-state index contributed by atoms with van der Waals surface area (Å²) in [5.74, 6) is 5.25. The molecule has 1 aromatic heterocycles. The lowest BCUT2D eigenvalue weighted by atomic mass is 10.1. The molecule has 0 unspecified atom stereocenters. The molecule has 0 saturated carbocycles. The number of fused-ring (bicyclic) bond motifs is 1. The third kappa shape index (κ3) is 2.73. The molecule has 0 spiro atoms. The van der Waals surface area contributed by atoms with Gasteiger partial charge < -0.3 is 10.7 Å². The van der Waals surface area contributed by atoms with Crippen molar-refractivity contribution in [3.63, 3.8) is 0 Å². The molecule has 1 aliphatic rings. The van der Waals surface area contributed by atoms with Gasteiger partial charge in [-0.3, -0.25) is 15.6 Å². The number of aromatic nitrogens is 1. The molecule has 0 atom stereocenters. The molecule has 108 valence electrons. The summed E-state index contributed by atoms with van der Waals surface area (Å²) < 4.78 is 0. The lowest BCUT2D eigenvalue weighted by molar-refractivity contribution is 0.102. The first-order chi connectivity index (χ1) is 10.2. The van der Waals surface area contributed by atoms with Crippen molar-refractivity contribution in [2.24, 2.45) is 5.84 Å². The molecule has 1 heterocycles. The molecule has 5 heteroatoms. The average molecular weight is 282 g/mol. The second-order valence-electron chi connectivity index (χ2n) is 5.31. The fourth-order valence-corrected chi connectivity index (χ4v) is 2.71. The number of nitrogens with zero attached hydrogens (tertiary/aromatic N) is 1. The van der Waals surface area contributed by atoms with Crippen LogP contribution >= 0.6 is 0 Å². The van der Waals surface area contributed by atoms with Crippen LogP contribution in [0.15, 0.2) is 30.5 Å². The van der Waals surface area contributed by atoms with Crippen molar-refractivity contribution in [1.82, 2.24) is 4.98 Å². The normalized spacial score (nSPS) is 12.9. The summed E-state index contributed by atoms with van der Waals surface area (Å²) in [4.78, 5) is 16.5. The number of hydrogen-bond donors (Lipinski definition) is 3.